The molecule has 0 fully saturated rings. The summed E-state index contributed by atoms with van der Waals surface area (Å²) in [6.07, 6.45) is 0. The van der Waals surface area contributed by atoms with Gasteiger partial charge in [0.2, 0.25) is 0 Å². The number of nitrogens with zero attached hydrogens (tertiary/aromatic N) is 2. The second kappa shape index (κ2) is 6.52. The van der Waals surface area contributed by atoms with E-state index in [0.29, 0.717) is 21.7 Å². The SMILES string of the molecule is C[C@@H](NCc1ccccc1)c1nc2ccc(Cl)cc2c(=O)n1C. The fourth-order valence-electron chi connectivity index (χ4n) is 2.61. The van der Waals surface area contributed by atoms with Crippen LogP contribution in [-0.2, 0) is 13.6 Å². The van der Waals surface area contributed by atoms with Crippen molar-refractivity contribution in [3.8, 4) is 0 Å². The Labute approximate surface area is 139 Å². The Balaban J connectivity index is 1.91. The zero-order chi connectivity index (χ0) is 16.4. The lowest BCUT2D eigenvalue weighted by Gasteiger charge is -2.17. The number of hydrogen-bond acceptors (Lipinski definition) is 3. The smallest absolute Gasteiger partial charge is 0.261 e. The van der Waals surface area contributed by atoms with Gasteiger partial charge in [0.15, 0.2) is 0 Å². The molecule has 3 rings (SSSR count). The van der Waals surface area contributed by atoms with Gasteiger partial charge in [-0.05, 0) is 30.7 Å². The Bertz CT molecular complexity index is 890. The maximum Gasteiger partial charge on any atom is 0.261 e. The molecule has 0 aliphatic heterocycles. The fourth-order valence-corrected chi connectivity index (χ4v) is 2.78. The molecule has 2 aromatic carbocycles. The van der Waals surface area contributed by atoms with E-state index in [1.807, 2.05) is 25.1 Å². The molecule has 4 nitrogen and oxygen atoms in total. The Morgan fingerprint density at radius 3 is 2.70 bits per heavy atom. The quantitative estimate of drug-likeness (QED) is 0.798. The van der Waals surface area contributed by atoms with Gasteiger partial charge < -0.3 is 5.32 Å². The van der Waals surface area contributed by atoms with Crippen molar-refractivity contribution in [1.82, 2.24) is 14.9 Å². The van der Waals surface area contributed by atoms with Crippen molar-refractivity contribution in [2.24, 2.45) is 7.05 Å². The predicted octanol–water partition coefficient (Wildman–Crippen LogP) is 3.44. The number of fused-ring (bicyclic) bond motifs is 1. The van der Waals surface area contributed by atoms with Crippen molar-refractivity contribution >= 4 is 22.5 Å². The van der Waals surface area contributed by atoms with Crippen LogP contribution in [0.2, 0.25) is 5.02 Å². The number of nitrogens with one attached hydrogen (secondary N) is 1. The summed E-state index contributed by atoms with van der Waals surface area (Å²) < 4.78 is 1.58. The topological polar surface area (TPSA) is 46.9 Å². The highest BCUT2D eigenvalue weighted by Crippen LogP contribution is 2.17. The van der Waals surface area contributed by atoms with Gasteiger partial charge in [-0.2, -0.15) is 0 Å². The molecule has 118 valence electrons. The molecule has 23 heavy (non-hydrogen) atoms. The molecular formula is C18H18ClN3O. The molecule has 0 bridgehead atoms. The molecule has 1 atom stereocenters. The van der Waals surface area contributed by atoms with E-state index >= 15 is 0 Å². The molecule has 1 N–H and O–H groups in total. The Morgan fingerprint density at radius 2 is 1.96 bits per heavy atom. The monoisotopic (exact) mass is 327 g/mol. The van der Waals surface area contributed by atoms with Crippen LogP contribution in [0.3, 0.4) is 0 Å². The minimum absolute atomic E-state index is 0.0482. The minimum Gasteiger partial charge on any atom is -0.303 e. The highest BCUT2D eigenvalue weighted by Gasteiger charge is 2.14. The summed E-state index contributed by atoms with van der Waals surface area (Å²) in [5, 5.41) is 4.49. The number of hydrogen-bond donors (Lipinski definition) is 1. The van der Waals surface area contributed by atoms with E-state index < -0.39 is 0 Å². The van der Waals surface area contributed by atoms with Gasteiger partial charge in [-0.3, -0.25) is 9.36 Å². The molecule has 0 spiro atoms. The average molecular weight is 328 g/mol. The van der Waals surface area contributed by atoms with Crippen molar-refractivity contribution < 1.29 is 0 Å². The molecule has 0 radical (unpaired) electrons. The molecule has 1 heterocycles. The molecule has 1 aromatic heterocycles. The van der Waals surface area contributed by atoms with E-state index in [1.165, 1.54) is 5.56 Å². The van der Waals surface area contributed by atoms with Crippen LogP contribution < -0.4 is 10.9 Å². The summed E-state index contributed by atoms with van der Waals surface area (Å²) >= 11 is 5.97. The standard InChI is InChI=1S/C18H18ClN3O/c1-12(20-11-13-6-4-3-5-7-13)17-21-16-9-8-14(19)10-15(16)18(23)22(17)2/h3-10,12,20H,11H2,1-2H3/t12-/m1/s1. The van der Waals surface area contributed by atoms with Gasteiger partial charge in [0.05, 0.1) is 16.9 Å². The molecular weight excluding hydrogens is 310 g/mol. The molecule has 0 unspecified atom stereocenters. The van der Waals surface area contributed by atoms with Crippen LogP contribution in [0.15, 0.2) is 53.3 Å². The number of benzene rings is 2. The van der Waals surface area contributed by atoms with Gasteiger partial charge in [0, 0.05) is 18.6 Å². The van der Waals surface area contributed by atoms with E-state index in [0.717, 1.165) is 6.54 Å². The first-order valence-corrected chi connectivity index (χ1v) is 7.87. The largest absolute Gasteiger partial charge is 0.303 e. The zero-order valence-corrected chi connectivity index (χ0v) is 13.8. The first kappa shape index (κ1) is 15.7. The third kappa shape index (κ3) is 3.28. The van der Waals surface area contributed by atoms with E-state index in [-0.39, 0.29) is 11.6 Å². The Morgan fingerprint density at radius 1 is 1.22 bits per heavy atom. The van der Waals surface area contributed by atoms with Gasteiger partial charge in [0.1, 0.15) is 5.82 Å². The van der Waals surface area contributed by atoms with Crippen molar-refractivity contribution in [3.05, 3.63) is 75.3 Å². The number of halogens is 1. The Hall–Kier alpha value is -2.17. The van der Waals surface area contributed by atoms with Crippen molar-refractivity contribution in [2.75, 3.05) is 0 Å². The minimum atomic E-state index is -0.0825. The molecule has 0 saturated heterocycles. The molecule has 3 aromatic rings. The normalized spacial score (nSPS) is 12.5. The fraction of sp³-hybridized carbons (Fsp3) is 0.222. The van der Waals surface area contributed by atoms with E-state index in [9.17, 15) is 4.79 Å². The van der Waals surface area contributed by atoms with Crippen molar-refractivity contribution in [3.63, 3.8) is 0 Å². The maximum atomic E-state index is 12.5. The van der Waals surface area contributed by atoms with Gasteiger partial charge in [-0.25, -0.2) is 4.98 Å². The molecule has 5 heteroatoms. The molecule has 0 aliphatic rings. The summed E-state index contributed by atoms with van der Waals surface area (Å²) in [5.74, 6) is 0.709. The molecule has 0 amide bonds. The van der Waals surface area contributed by atoms with Gasteiger partial charge in [0.25, 0.3) is 5.56 Å². The lowest BCUT2D eigenvalue weighted by molar-refractivity contribution is 0.520. The lowest BCUT2D eigenvalue weighted by Crippen LogP contribution is -2.29. The summed E-state index contributed by atoms with van der Waals surface area (Å²) in [6.45, 7) is 2.73. The summed E-state index contributed by atoms with van der Waals surface area (Å²) in [4.78, 5) is 17.1. The van der Waals surface area contributed by atoms with E-state index in [4.69, 9.17) is 11.6 Å². The van der Waals surface area contributed by atoms with Crippen LogP contribution >= 0.6 is 11.6 Å². The third-order valence-electron chi connectivity index (χ3n) is 3.91. The second-order valence-corrected chi connectivity index (χ2v) is 6.02. The van der Waals surface area contributed by atoms with Crippen LogP contribution in [0.25, 0.3) is 10.9 Å². The molecule has 0 aliphatic carbocycles. The first-order chi connectivity index (χ1) is 11.1. The number of rotatable bonds is 4. The van der Waals surface area contributed by atoms with Crippen LogP contribution in [0, 0.1) is 0 Å². The van der Waals surface area contributed by atoms with Crippen molar-refractivity contribution in [1.29, 1.82) is 0 Å². The average Bonchev–Trinajstić information content (AvgIpc) is 2.57. The number of aromatic nitrogens is 2. The van der Waals surface area contributed by atoms with Crippen LogP contribution in [0.4, 0.5) is 0 Å². The van der Waals surface area contributed by atoms with E-state index in [2.05, 4.69) is 22.4 Å². The van der Waals surface area contributed by atoms with Crippen LogP contribution in [-0.4, -0.2) is 9.55 Å². The second-order valence-electron chi connectivity index (χ2n) is 5.58. The zero-order valence-electron chi connectivity index (χ0n) is 13.1. The van der Waals surface area contributed by atoms with E-state index in [1.54, 1.807) is 29.8 Å². The van der Waals surface area contributed by atoms with Crippen LogP contribution in [0.5, 0.6) is 0 Å². The Kier molecular flexibility index (Phi) is 4.46. The highest BCUT2D eigenvalue weighted by atomic mass is 35.5. The summed E-state index contributed by atoms with van der Waals surface area (Å²) in [6, 6.07) is 15.3. The van der Waals surface area contributed by atoms with Crippen molar-refractivity contribution in [2.45, 2.75) is 19.5 Å². The van der Waals surface area contributed by atoms with Gasteiger partial charge in [-0.1, -0.05) is 41.9 Å². The van der Waals surface area contributed by atoms with Gasteiger partial charge >= 0.3 is 0 Å². The predicted molar refractivity (Wildman–Crippen MR) is 93.7 cm³/mol. The first-order valence-electron chi connectivity index (χ1n) is 7.50. The summed E-state index contributed by atoms with van der Waals surface area (Å²) in [5.41, 5.74) is 1.78. The lowest BCUT2D eigenvalue weighted by atomic mass is 10.2. The van der Waals surface area contributed by atoms with Gasteiger partial charge in [-0.15, -0.1) is 0 Å². The third-order valence-corrected chi connectivity index (χ3v) is 4.15. The van der Waals surface area contributed by atoms with Crippen LogP contribution in [0.1, 0.15) is 24.4 Å². The molecule has 0 saturated carbocycles. The summed E-state index contributed by atoms with van der Waals surface area (Å²) in [7, 11) is 1.74. The maximum absolute atomic E-state index is 12.5. The highest BCUT2D eigenvalue weighted by molar-refractivity contribution is 6.31.